The van der Waals surface area contributed by atoms with Crippen LogP contribution in [0.4, 0.5) is 17.2 Å². The molecule has 0 radical (unpaired) electrons. The molecule has 3 aliphatic rings. The van der Waals surface area contributed by atoms with Gasteiger partial charge in [-0.05, 0) is 50.2 Å². The lowest BCUT2D eigenvalue weighted by Crippen LogP contribution is -2.65. The van der Waals surface area contributed by atoms with E-state index in [9.17, 15) is 0 Å². The Morgan fingerprint density at radius 3 is 2.48 bits per heavy atom. The largest absolute Gasteiger partial charge is 0.398 e. The van der Waals surface area contributed by atoms with Gasteiger partial charge < -0.3 is 22.6 Å². The molecular formula is C26H38N7+. The van der Waals surface area contributed by atoms with Gasteiger partial charge in [0.05, 0.1) is 20.3 Å². The van der Waals surface area contributed by atoms with Gasteiger partial charge in [0.25, 0.3) is 0 Å². The number of nitrogens with zero attached hydrogens (tertiary/aromatic N) is 2. The van der Waals surface area contributed by atoms with Crippen molar-refractivity contribution in [2.24, 2.45) is 23.5 Å². The van der Waals surface area contributed by atoms with Gasteiger partial charge >= 0.3 is 0 Å². The molecule has 2 heterocycles. The third-order valence-corrected chi connectivity index (χ3v) is 8.90. The van der Waals surface area contributed by atoms with Crippen LogP contribution in [0.2, 0.25) is 0 Å². The van der Waals surface area contributed by atoms with Gasteiger partial charge in [-0.3, -0.25) is 9.89 Å². The number of quaternary nitrogens is 1. The molecule has 5 atom stereocenters. The number of amidine groups is 1. The summed E-state index contributed by atoms with van der Waals surface area (Å²) in [5, 5.41) is 16.1. The fourth-order valence-electron chi connectivity index (χ4n) is 7.25. The Labute approximate surface area is 197 Å². The van der Waals surface area contributed by atoms with E-state index >= 15 is 0 Å². The zero-order chi connectivity index (χ0) is 24.3. The quantitative estimate of drug-likeness (QED) is 0.208. The molecule has 1 aliphatic heterocycles. The second-order valence-electron chi connectivity index (χ2n) is 10.2. The number of aromatic nitrogens is 1. The summed E-state index contributed by atoms with van der Waals surface area (Å²) in [6.45, 7) is 6.35. The van der Waals surface area contributed by atoms with Crippen molar-refractivity contribution in [1.29, 1.82) is 10.8 Å². The zero-order valence-electron chi connectivity index (χ0n) is 20.4. The Hall–Kier alpha value is -2.93. The van der Waals surface area contributed by atoms with Gasteiger partial charge in [-0.1, -0.05) is 19.9 Å². The summed E-state index contributed by atoms with van der Waals surface area (Å²) >= 11 is 0. The number of nitrogens with two attached hydrogens (primary N) is 3. The fraction of sp³-hybridized carbons (Fsp3) is 0.500. The second-order valence-corrected chi connectivity index (χ2v) is 10.2. The van der Waals surface area contributed by atoms with Crippen molar-refractivity contribution in [1.82, 2.24) is 9.47 Å². The van der Waals surface area contributed by atoms with Crippen molar-refractivity contribution < 1.29 is 0 Å². The van der Waals surface area contributed by atoms with Gasteiger partial charge in [0.1, 0.15) is 17.2 Å². The van der Waals surface area contributed by atoms with E-state index < -0.39 is 0 Å². The van der Waals surface area contributed by atoms with Crippen molar-refractivity contribution >= 4 is 29.2 Å². The Morgan fingerprint density at radius 1 is 1.18 bits per heavy atom. The first-order valence-electron chi connectivity index (χ1n) is 12.0. The van der Waals surface area contributed by atoms with E-state index in [2.05, 4.69) is 32.1 Å². The second kappa shape index (κ2) is 7.83. The number of hydrogen-bond acceptors (Lipinski definition) is 5. The molecule has 1 aromatic carbocycles. The van der Waals surface area contributed by atoms with Gasteiger partial charge in [-0.15, -0.1) is 0 Å². The first-order chi connectivity index (χ1) is 15.6. The number of nitrogen functional groups attached to an aromatic ring is 3. The zero-order valence-corrected chi connectivity index (χ0v) is 20.4. The minimum absolute atomic E-state index is 0.00510. The highest BCUT2D eigenvalue weighted by Crippen LogP contribution is 2.68. The molecule has 5 rings (SSSR count). The lowest BCUT2D eigenvalue weighted by atomic mass is 9.59. The SMILES string of the molecule is CC.CC1(c2ccc(N)c(C(=N)N)c2)[C@@H]2C3CCC(C3)[C@@H]2c2c(cnc(N)c2C=N)[N+]1(C)C. The maximum absolute atomic E-state index is 8.10. The van der Waals surface area contributed by atoms with E-state index in [1.807, 2.05) is 32.2 Å². The maximum atomic E-state index is 8.10. The molecule has 2 aliphatic carbocycles. The van der Waals surface area contributed by atoms with Gasteiger partial charge in [-0.2, -0.15) is 0 Å². The summed E-state index contributed by atoms with van der Waals surface area (Å²) in [5.41, 5.74) is 23.4. The number of pyridine rings is 1. The van der Waals surface area contributed by atoms with Crippen LogP contribution in [0.3, 0.4) is 0 Å². The minimum atomic E-state index is -0.257. The van der Waals surface area contributed by atoms with Gasteiger partial charge in [0.15, 0.2) is 5.69 Å². The first kappa shape index (κ1) is 23.2. The highest BCUT2D eigenvalue weighted by atomic mass is 15.4. The molecule has 7 nitrogen and oxygen atoms in total. The predicted octanol–water partition coefficient (Wildman–Crippen LogP) is 4.18. The summed E-state index contributed by atoms with van der Waals surface area (Å²) in [5.74, 6) is 2.43. The maximum Gasteiger partial charge on any atom is 0.156 e. The summed E-state index contributed by atoms with van der Waals surface area (Å²) < 4.78 is 0.599. The normalized spacial score (nSPS) is 30.6. The van der Waals surface area contributed by atoms with E-state index in [0.717, 1.165) is 16.8 Å². The van der Waals surface area contributed by atoms with E-state index in [0.29, 0.717) is 45.2 Å². The number of nitrogens with one attached hydrogen (secondary N) is 2. The monoisotopic (exact) mass is 448 g/mol. The number of benzene rings is 1. The third kappa shape index (κ3) is 2.94. The van der Waals surface area contributed by atoms with Crippen LogP contribution in [0.25, 0.3) is 0 Å². The number of fused-ring (bicyclic) bond motifs is 7. The number of rotatable bonds is 3. The molecule has 7 heteroatoms. The van der Waals surface area contributed by atoms with Crippen LogP contribution in [0.5, 0.6) is 0 Å². The van der Waals surface area contributed by atoms with Crippen LogP contribution < -0.4 is 21.7 Å². The Bertz CT molecular complexity index is 1120. The molecule has 1 aromatic heterocycles. The van der Waals surface area contributed by atoms with E-state index in [1.54, 1.807) is 0 Å². The van der Waals surface area contributed by atoms with Crippen molar-refractivity contribution in [2.75, 3.05) is 25.6 Å². The van der Waals surface area contributed by atoms with Crippen LogP contribution in [0.15, 0.2) is 24.4 Å². The summed E-state index contributed by atoms with van der Waals surface area (Å²) in [4.78, 5) is 4.49. The van der Waals surface area contributed by atoms with Gasteiger partial charge in [0.2, 0.25) is 0 Å². The molecule has 3 unspecified atom stereocenters. The smallest absolute Gasteiger partial charge is 0.156 e. The first-order valence-corrected chi connectivity index (χ1v) is 12.0. The lowest BCUT2D eigenvalue weighted by Gasteiger charge is -2.58. The molecule has 2 aromatic rings. The van der Waals surface area contributed by atoms with Gasteiger partial charge in [-0.25, -0.2) is 4.98 Å². The average molecular weight is 449 g/mol. The molecule has 2 fully saturated rings. The molecular weight excluding hydrogens is 410 g/mol. The lowest BCUT2D eigenvalue weighted by molar-refractivity contribution is 0.0310. The van der Waals surface area contributed by atoms with Gasteiger partial charge in [0, 0.05) is 46.0 Å². The molecule has 0 saturated heterocycles. The summed E-state index contributed by atoms with van der Waals surface area (Å²) in [6, 6.07) is 6.02. The summed E-state index contributed by atoms with van der Waals surface area (Å²) in [6.07, 6.45) is 7.00. The molecule has 176 valence electrons. The third-order valence-electron chi connectivity index (χ3n) is 8.90. The summed E-state index contributed by atoms with van der Waals surface area (Å²) in [7, 11) is 4.47. The minimum Gasteiger partial charge on any atom is -0.398 e. The predicted molar refractivity (Wildman–Crippen MR) is 138 cm³/mol. The fourth-order valence-corrected chi connectivity index (χ4v) is 7.25. The Morgan fingerprint density at radius 2 is 1.85 bits per heavy atom. The van der Waals surface area contributed by atoms with Crippen molar-refractivity contribution in [2.45, 2.75) is 51.5 Å². The van der Waals surface area contributed by atoms with Crippen molar-refractivity contribution in [3.05, 3.63) is 46.6 Å². The average Bonchev–Trinajstić information content (AvgIpc) is 3.41. The van der Waals surface area contributed by atoms with Crippen LogP contribution in [-0.4, -0.2) is 31.1 Å². The van der Waals surface area contributed by atoms with Crippen molar-refractivity contribution in [3.63, 3.8) is 0 Å². The molecule has 33 heavy (non-hydrogen) atoms. The number of anilines is 2. The molecule has 2 saturated carbocycles. The highest BCUT2D eigenvalue weighted by molar-refractivity contribution is 6.00. The van der Waals surface area contributed by atoms with Crippen LogP contribution in [0, 0.1) is 28.6 Å². The van der Waals surface area contributed by atoms with Crippen LogP contribution >= 0.6 is 0 Å². The van der Waals surface area contributed by atoms with E-state index in [1.165, 1.54) is 31.0 Å². The molecule has 0 amide bonds. The number of hydrogen-bond donors (Lipinski definition) is 5. The Kier molecular flexibility index (Phi) is 5.52. The van der Waals surface area contributed by atoms with Crippen molar-refractivity contribution in [3.8, 4) is 0 Å². The van der Waals surface area contributed by atoms with E-state index in [-0.39, 0.29) is 11.4 Å². The van der Waals surface area contributed by atoms with Crippen LogP contribution in [-0.2, 0) is 5.54 Å². The standard InChI is InChI=1S/C24H32N7.C2H6/c1-24(14-6-7-17(26)15(9-14)22(27)28)21-13-5-4-12(8-13)19(21)20-16(10-25)23(29)30-11-18(20)31(24,2)3;1-2/h6-7,9-13,19,21,25H,4-5,8,26H2,1-3H3,(H3,27,28)(H2,29,30);1-2H3/q+1;/t12?,13?,19-,21-,24?;/m1./s1. The molecule has 8 N–H and O–H groups in total. The molecule has 2 bridgehead atoms. The van der Waals surface area contributed by atoms with Crippen LogP contribution in [0.1, 0.15) is 68.2 Å². The topological polar surface area (TPSA) is 139 Å². The van der Waals surface area contributed by atoms with E-state index in [4.69, 9.17) is 28.0 Å². The molecule has 0 spiro atoms. The Balaban J connectivity index is 0.00000126. The highest BCUT2D eigenvalue weighted by Gasteiger charge is 2.66.